The Balaban J connectivity index is 2.12. The molecule has 3 rings (SSSR count). The summed E-state index contributed by atoms with van der Waals surface area (Å²) in [6, 6.07) is 8.26. The van der Waals surface area contributed by atoms with E-state index in [2.05, 4.69) is 24.1 Å². The van der Waals surface area contributed by atoms with E-state index in [0.717, 1.165) is 13.1 Å². The number of nitrogens with zero attached hydrogens (tertiary/aromatic N) is 1. The summed E-state index contributed by atoms with van der Waals surface area (Å²) in [5, 5.41) is 0. The highest BCUT2D eigenvalue weighted by atomic mass is 16.1. The lowest BCUT2D eigenvalue weighted by atomic mass is 9.74. The zero-order valence-electron chi connectivity index (χ0n) is 8.29. The van der Waals surface area contributed by atoms with Crippen LogP contribution in [-0.2, 0) is 16.6 Å². The van der Waals surface area contributed by atoms with Crippen molar-refractivity contribution in [2.45, 2.75) is 11.8 Å². The molecule has 2 heteroatoms. The van der Waals surface area contributed by atoms with E-state index in [1.807, 2.05) is 12.1 Å². The van der Waals surface area contributed by atoms with Crippen molar-refractivity contribution < 1.29 is 4.79 Å². The van der Waals surface area contributed by atoms with Crippen molar-refractivity contribution in [3.63, 3.8) is 0 Å². The molecular weight excluding hydrogens is 174 g/mol. The zero-order valence-corrected chi connectivity index (χ0v) is 8.29. The van der Waals surface area contributed by atoms with Crippen LogP contribution in [0.2, 0.25) is 0 Å². The average Bonchev–Trinajstić information content (AvgIpc) is 2.40. The van der Waals surface area contributed by atoms with E-state index in [9.17, 15) is 4.79 Å². The number of ketones is 1. The first-order chi connectivity index (χ1) is 6.72. The molecule has 0 saturated carbocycles. The molecule has 0 bridgehead atoms. The van der Waals surface area contributed by atoms with Gasteiger partial charge in [0.25, 0.3) is 0 Å². The molecule has 1 aromatic carbocycles. The second kappa shape index (κ2) is 2.45. The fourth-order valence-corrected chi connectivity index (χ4v) is 2.86. The van der Waals surface area contributed by atoms with Gasteiger partial charge in [0.1, 0.15) is 5.78 Å². The highest BCUT2D eigenvalue weighted by Gasteiger charge is 2.52. The van der Waals surface area contributed by atoms with Crippen LogP contribution in [0.3, 0.4) is 0 Å². The molecule has 1 spiro atoms. The van der Waals surface area contributed by atoms with Gasteiger partial charge in [-0.2, -0.15) is 0 Å². The van der Waals surface area contributed by atoms with Crippen LogP contribution in [0, 0.1) is 0 Å². The van der Waals surface area contributed by atoms with Crippen LogP contribution in [0.15, 0.2) is 24.3 Å². The molecular formula is C12H13NO. The predicted molar refractivity (Wildman–Crippen MR) is 54.3 cm³/mol. The van der Waals surface area contributed by atoms with Gasteiger partial charge in [0.2, 0.25) is 0 Å². The Bertz CT molecular complexity index is 405. The number of benzene rings is 1. The van der Waals surface area contributed by atoms with E-state index in [4.69, 9.17) is 0 Å². The lowest BCUT2D eigenvalue weighted by Gasteiger charge is -2.45. The SMILES string of the molecule is CN1CC2(C1)C(=O)Cc1ccccc12. The van der Waals surface area contributed by atoms with E-state index in [1.54, 1.807) is 0 Å². The normalized spacial score (nSPS) is 23.6. The number of likely N-dealkylation sites (N-methyl/N-ethyl adjacent to an activating group) is 1. The van der Waals surface area contributed by atoms with Gasteiger partial charge in [-0.15, -0.1) is 0 Å². The Morgan fingerprint density at radius 2 is 2.00 bits per heavy atom. The maximum Gasteiger partial charge on any atom is 0.150 e. The molecule has 1 aliphatic heterocycles. The molecule has 0 radical (unpaired) electrons. The third-order valence-corrected chi connectivity index (χ3v) is 3.50. The molecule has 0 N–H and O–H groups in total. The molecule has 2 nitrogen and oxygen atoms in total. The van der Waals surface area contributed by atoms with Gasteiger partial charge < -0.3 is 4.90 Å². The molecule has 1 heterocycles. The number of hydrogen-bond acceptors (Lipinski definition) is 2. The molecule has 1 aliphatic carbocycles. The molecule has 0 aromatic heterocycles. The Kier molecular flexibility index (Phi) is 1.43. The van der Waals surface area contributed by atoms with Crippen LogP contribution in [0.5, 0.6) is 0 Å². The summed E-state index contributed by atoms with van der Waals surface area (Å²) in [5.41, 5.74) is 2.39. The van der Waals surface area contributed by atoms with Gasteiger partial charge in [0, 0.05) is 19.5 Å². The van der Waals surface area contributed by atoms with Gasteiger partial charge in [0.05, 0.1) is 5.41 Å². The first kappa shape index (κ1) is 8.18. The molecule has 1 fully saturated rings. The van der Waals surface area contributed by atoms with Crippen LogP contribution in [0.1, 0.15) is 11.1 Å². The number of likely N-dealkylation sites (tertiary alicyclic amines) is 1. The summed E-state index contributed by atoms with van der Waals surface area (Å²) in [6.45, 7) is 1.81. The number of Topliss-reactive ketones (excluding diaryl/α,β-unsaturated/α-hetero) is 1. The maximum atomic E-state index is 12.0. The molecule has 14 heavy (non-hydrogen) atoms. The first-order valence-corrected chi connectivity index (χ1v) is 5.03. The summed E-state index contributed by atoms with van der Waals surface area (Å²) < 4.78 is 0. The summed E-state index contributed by atoms with van der Waals surface area (Å²) >= 11 is 0. The second-order valence-electron chi connectivity index (χ2n) is 4.51. The summed E-state index contributed by atoms with van der Waals surface area (Å²) in [7, 11) is 2.07. The van der Waals surface area contributed by atoms with Crippen molar-refractivity contribution in [2.75, 3.05) is 20.1 Å². The smallest absolute Gasteiger partial charge is 0.150 e. The molecule has 72 valence electrons. The van der Waals surface area contributed by atoms with Gasteiger partial charge in [-0.3, -0.25) is 4.79 Å². The largest absolute Gasteiger partial charge is 0.304 e. The molecule has 1 saturated heterocycles. The number of carbonyl (C=O) groups excluding carboxylic acids is 1. The average molecular weight is 187 g/mol. The molecule has 0 unspecified atom stereocenters. The molecule has 0 amide bonds. The van der Waals surface area contributed by atoms with Crippen LogP contribution in [0.4, 0.5) is 0 Å². The van der Waals surface area contributed by atoms with E-state index in [1.165, 1.54) is 11.1 Å². The Morgan fingerprint density at radius 3 is 2.71 bits per heavy atom. The van der Waals surface area contributed by atoms with Gasteiger partial charge in [0.15, 0.2) is 0 Å². The molecule has 0 atom stereocenters. The third kappa shape index (κ3) is 0.819. The maximum absolute atomic E-state index is 12.0. The summed E-state index contributed by atoms with van der Waals surface area (Å²) in [5.74, 6) is 0.414. The zero-order chi connectivity index (χ0) is 9.76. The van der Waals surface area contributed by atoms with Crippen LogP contribution >= 0.6 is 0 Å². The van der Waals surface area contributed by atoms with Crippen LogP contribution in [-0.4, -0.2) is 30.8 Å². The number of rotatable bonds is 0. The van der Waals surface area contributed by atoms with Crippen molar-refractivity contribution in [3.8, 4) is 0 Å². The Morgan fingerprint density at radius 1 is 1.29 bits per heavy atom. The van der Waals surface area contributed by atoms with Gasteiger partial charge >= 0.3 is 0 Å². The van der Waals surface area contributed by atoms with Crippen molar-refractivity contribution in [3.05, 3.63) is 35.4 Å². The third-order valence-electron chi connectivity index (χ3n) is 3.50. The Hall–Kier alpha value is -1.15. The fraction of sp³-hybridized carbons (Fsp3) is 0.417. The minimum atomic E-state index is -0.134. The predicted octanol–water partition coefficient (Wildman–Crippen LogP) is 0.995. The summed E-state index contributed by atoms with van der Waals surface area (Å²) in [4.78, 5) is 14.2. The minimum absolute atomic E-state index is 0.134. The highest BCUT2D eigenvalue weighted by molar-refractivity contribution is 5.98. The van der Waals surface area contributed by atoms with E-state index in [-0.39, 0.29) is 5.41 Å². The minimum Gasteiger partial charge on any atom is -0.304 e. The van der Waals surface area contributed by atoms with E-state index < -0.39 is 0 Å². The summed E-state index contributed by atoms with van der Waals surface area (Å²) in [6.07, 6.45) is 0.643. The fourth-order valence-electron chi connectivity index (χ4n) is 2.86. The lowest BCUT2D eigenvalue weighted by Crippen LogP contribution is -2.60. The van der Waals surface area contributed by atoms with Crippen LogP contribution < -0.4 is 0 Å². The van der Waals surface area contributed by atoms with Gasteiger partial charge in [-0.05, 0) is 18.2 Å². The molecule has 1 aromatic rings. The second-order valence-corrected chi connectivity index (χ2v) is 4.51. The van der Waals surface area contributed by atoms with E-state index in [0.29, 0.717) is 12.2 Å². The lowest BCUT2D eigenvalue weighted by molar-refractivity contribution is -0.128. The quantitative estimate of drug-likeness (QED) is 0.604. The number of carbonyl (C=O) groups is 1. The van der Waals surface area contributed by atoms with Gasteiger partial charge in [-0.25, -0.2) is 0 Å². The van der Waals surface area contributed by atoms with Crippen molar-refractivity contribution in [2.24, 2.45) is 0 Å². The Labute approximate surface area is 83.5 Å². The number of fused-ring (bicyclic) bond motifs is 2. The standard InChI is InChI=1S/C12H13NO/c1-13-7-12(8-13)10-5-3-2-4-9(10)6-11(12)14/h2-5H,6-8H2,1H3. The number of hydrogen-bond donors (Lipinski definition) is 0. The monoisotopic (exact) mass is 187 g/mol. The highest BCUT2D eigenvalue weighted by Crippen LogP contribution is 2.42. The van der Waals surface area contributed by atoms with E-state index >= 15 is 0 Å². The van der Waals surface area contributed by atoms with Gasteiger partial charge in [-0.1, -0.05) is 24.3 Å². The first-order valence-electron chi connectivity index (χ1n) is 5.03. The topological polar surface area (TPSA) is 20.3 Å². The van der Waals surface area contributed by atoms with Crippen molar-refractivity contribution >= 4 is 5.78 Å². The van der Waals surface area contributed by atoms with Crippen molar-refractivity contribution in [1.29, 1.82) is 0 Å². The van der Waals surface area contributed by atoms with Crippen molar-refractivity contribution in [1.82, 2.24) is 4.90 Å². The van der Waals surface area contributed by atoms with Crippen LogP contribution in [0.25, 0.3) is 0 Å². The molecule has 2 aliphatic rings.